The van der Waals surface area contributed by atoms with Gasteiger partial charge in [0.15, 0.2) is 0 Å². The summed E-state index contributed by atoms with van der Waals surface area (Å²) in [6.07, 6.45) is 0. The van der Waals surface area contributed by atoms with Crippen molar-refractivity contribution >= 4 is 40.5 Å². The fraction of sp³-hybridized carbons (Fsp3) is 0.143. The number of benzene rings is 1. The van der Waals surface area contributed by atoms with Crippen molar-refractivity contribution in [3.63, 3.8) is 0 Å². The largest absolute Gasteiger partial charge is 0.465 e. The van der Waals surface area contributed by atoms with Crippen LogP contribution in [0.1, 0.15) is 24.9 Å². The number of nitrogens with one attached hydrogen (secondary N) is 1. The maximum atomic E-state index is 12.1. The number of anilines is 1. The minimum absolute atomic E-state index is 0.309. The number of carbonyl (C=O) groups is 2. The summed E-state index contributed by atoms with van der Waals surface area (Å²) < 4.78 is 4.60. The highest BCUT2D eigenvalue weighted by Crippen LogP contribution is 2.25. The molecule has 2 rings (SSSR count). The number of rotatable bonds is 3. The Morgan fingerprint density at radius 2 is 1.90 bits per heavy atom. The normalized spacial score (nSPS) is 10.2. The predicted octanol–water partition coefficient (Wildman–Crippen LogP) is 3.75. The quantitative estimate of drug-likeness (QED) is 0.879. The van der Waals surface area contributed by atoms with Crippen LogP contribution in [0.3, 0.4) is 0 Å². The van der Waals surface area contributed by atoms with Gasteiger partial charge < -0.3 is 10.1 Å². The lowest BCUT2D eigenvalue weighted by molar-refractivity contribution is 0.0606. The van der Waals surface area contributed by atoms with Crippen LogP contribution < -0.4 is 5.32 Å². The number of hydrogen-bond acceptors (Lipinski definition) is 4. The highest BCUT2D eigenvalue weighted by molar-refractivity contribution is 7.16. The third kappa shape index (κ3) is 3.18. The third-order valence-corrected chi connectivity index (χ3v) is 3.97. The number of aryl methyl sites for hydroxylation is 1. The molecule has 1 N–H and O–H groups in total. The molecule has 0 aliphatic carbocycles. The average molecular weight is 310 g/mol. The smallest absolute Gasteiger partial charge is 0.348 e. The van der Waals surface area contributed by atoms with Crippen LogP contribution in [-0.2, 0) is 4.74 Å². The number of halogens is 1. The highest BCUT2D eigenvalue weighted by atomic mass is 35.5. The SMILES string of the molecule is COC(=O)c1ccc(C(=O)Nc2ccc(C)cc2Cl)s1. The summed E-state index contributed by atoms with van der Waals surface area (Å²) in [5, 5.41) is 3.19. The van der Waals surface area contributed by atoms with E-state index in [4.69, 9.17) is 11.6 Å². The van der Waals surface area contributed by atoms with Gasteiger partial charge in [0, 0.05) is 0 Å². The second kappa shape index (κ2) is 6.07. The minimum Gasteiger partial charge on any atom is -0.465 e. The van der Waals surface area contributed by atoms with Gasteiger partial charge >= 0.3 is 5.97 Å². The number of carbonyl (C=O) groups excluding carboxylic acids is 2. The first-order chi connectivity index (χ1) is 9.51. The van der Waals surface area contributed by atoms with Crippen molar-refractivity contribution in [2.75, 3.05) is 12.4 Å². The van der Waals surface area contributed by atoms with Crippen LogP contribution in [-0.4, -0.2) is 19.0 Å². The van der Waals surface area contributed by atoms with Crippen molar-refractivity contribution in [3.8, 4) is 0 Å². The molecule has 0 saturated heterocycles. The Bertz CT molecular complexity index is 666. The van der Waals surface area contributed by atoms with Gasteiger partial charge in [-0.15, -0.1) is 11.3 Å². The fourth-order valence-electron chi connectivity index (χ4n) is 1.58. The van der Waals surface area contributed by atoms with Gasteiger partial charge in [-0.3, -0.25) is 4.79 Å². The Kier molecular flexibility index (Phi) is 4.42. The van der Waals surface area contributed by atoms with E-state index in [9.17, 15) is 9.59 Å². The number of amides is 1. The van der Waals surface area contributed by atoms with E-state index in [1.807, 2.05) is 13.0 Å². The summed E-state index contributed by atoms with van der Waals surface area (Å²) in [5.74, 6) is -0.765. The summed E-state index contributed by atoms with van der Waals surface area (Å²) >= 11 is 7.13. The van der Waals surface area contributed by atoms with Crippen LogP contribution in [0.15, 0.2) is 30.3 Å². The van der Waals surface area contributed by atoms with E-state index in [2.05, 4.69) is 10.1 Å². The Balaban J connectivity index is 2.16. The molecule has 0 saturated carbocycles. The van der Waals surface area contributed by atoms with Gasteiger partial charge in [-0.2, -0.15) is 0 Å². The van der Waals surface area contributed by atoms with Crippen LogP contribution in [0.4, 0.5) is 5.69 Å². The van der Waals surface area contributed by atoms with Gasteiger partial charge in [0.1, 0.15) is 4.88 Å². The van der Waals surface area contributed by atoms with Crippen LogP contribution >= 0.6 is 22.9 Å². The predicted molar refractivity (Wildman–Crippen MR) is 79.8 cm³/mol. The third-order valence-electron chi connectivity index (χ3n) is 2.59. The second-order valence-electron chi connectivity index (χ2n) is 4.09. The van der Waals surface area contributed by atoms with Crippen LogP contribution in [0.25, 0.3) is 0 Å². The summed E-state index contributed by atoms with van der Waals surface area (Å²) in [4.78, 5) is 24.2. The Labute approximate surface area is 125 Å². The van der Waals surface area contributed by atoms with E-state index >= 15 is 0 Å². The molecule has 4 nitrogen and oxygen atoms in total. The van der Waals surface area contributed by atoms with Crippen molar-refractivity contribution in [2.24, 2.45) is 0 Å². The maximum absolute atomic E-state index is 12.1. The standard InChI is InChI=1S/C14H12ClNO3S/c1-8-3-4-10(9(15)7-8)16-13(17)11-5-6-12(20-11)14(18)19-2/h3-7H,1-2H3,(H,16,17). The summed E-state index contributed by atoms with van der Waals surface area (Å²) in [6, 6.07) is 8.50. The zero-order chi connectivity index (χ0) is 14.7. The Morgan fingerprint density at radius 1 is 1.20 bits per heavy atom. The molecular weight excluding hydrogens is 298 g/mol. The van der Waals surface area contributed by atoms with Crippen molar-refractivity contribution < 1.29 is 14.3 Å². The van der Waals surface area contributed by atoms with E-state index in [0.717, 1.165) is 16.9 Å². The molecule has 0 radical (unpaired) electrons. The Morgan fingerprint density at radius 3 is 2.55 bits per heavy atom. The molecule has 20 heavy (non-hydrogen) atoms. The zero-order valence-corrected chi connectivity index (χ0v) is 12.5. The van der Waals surface area contributed by atoms with Gasteiger partial charge in [0.25, 0.3) is 5.91 Å². The molecule has 0 spiro atoms. The summed E-state index contributed by atoms with van der Waals surface area (Å²) in [6.45, 7) is 1.92. The van der Waals surface area contributed by atoms with E-state index in [1.165, 1.54) is 7.11 Å². The van der Waals surface area contributed by atoms with Crippen LogP contribution in [0.2, 0.25) is 5.02 Å². The van der Waals surface area contributed by atoms with Gasteiger partial charge in [-0.1, -0.05) is 17.7 Å². The molecule has 1 aromatic heterocycles. The van der Waals surface area contributed by atoms with Crippen molar-refractivity contribution in [1.29, 1.82) is 0 Å². The molecule has 104 valence electrons. The Hall–Kier alpha value is -1.85. The first-order valence-electron chi connectivity index (χ1n) is 5.77. The van der Waals surface area contributed by atoms with Crippen LogP contribution in [0, 0.1) is 6.92 Å². The van der Waals surface area contributed by atoms with Crippen molar-refractivity contribution in [3.05, 3.63) is 50.7 Å². The lowest BCUT2D eigenvalue weighted by Crippen LogP contribution is -2.10. The molecule has 1 amide bonds. The average Bonchev–Trinajstić information content (AvgIpc) is 2.90. The summed E-state index contributed by atoms with van der Waals surface area (Å²) in [7, 11) is 1.30. The topological polar surface area (TPSA) is 55.4 Å². The molecule has 2 aromatic rings. The number of thiophene rings is 1. The van der Waals surface area contributed by atoms with Crippen LogP contribution in [0.5, 0.6) is 0 Å². The second-order valence-corrected chi connectivity index (χ2v) is 5.58. The number of methoxy groups -OCH3 is 1. The monoisotopic (exact) mass is 309 g/mol. The van der Waals surface area contributed by atoms with E-state index in [-0.39, 0.29) is 5.91 Å². The van der Waals surface area contributed by atoms with E-state index in [0.29, 0.717) is 20.5 Å². The highest BCUT2D eigenvalue weighted by Gasteiger charge is 2.15. The van der Waals surface area contributed by atoms with Crippen molar-refractivity contribution in [2.45, 2.75) is 6.92 Å². The lowest BCUT2D eigenvalue weighted by Gasteiger charge is -2.06. The fourth-order valence-corrected chi connectivity index (χ4v) is 2.68. The molecule has 0 bridgehead atoms. The minimum atomic E-state index is -0.456. The van der Waals surface area contributed by atoms with Gasteiger partial charge in [-0.25, -0.2) is 4.79 Å². The molecule has 6 heteroatoms. The first kappa shape index (κ1) is 14.6. The molecular formula is C14H12ClNO3S. The van der Waals surface area contributed by atoms with Crippen molar-refractivity contribution in [1.82, 2.24) is 0 Å². The number of esters is 1. The summed E-state index contributed by atoms with van der Waals surface area (Å²) in [5.41, 5.74) is 1.55. The maximum Gasteiger partial charge on any atom is 0.348 e. The molecule has 0 unspecified atom stereocenters. The number of ether oxygens (including phenoxy) is 1. The first-order valence-corrected chi connectivity index (χ1v) is 6.96. The number of hydrogen-bond donors (Lipinski definition) is 1. The molecule has 1 heterocycles. The lowest BCUT2D eigenvalue weighted by atomic mass is 10.2. The van der Waals surface area contributed by atoms with Gasteiger partial charge in [0.05, 0.1) is 22.7 Å². The molecule has 0 aliphatic rings. The molecule has 0 atom stereocenters. The molecule has 0 aliphatic heterocycles. The molecule has 0 fully saturated rings. The zero-order valence-electron chi connectivity index (χ0n) is 10.9. The van der Waals surface area contributed by atoms with E-state index < -0.39 is 5.97 Å². The molecule has 1 aromatic carbocycles. The van der Waals surface area contributed by atoms with E-state index in [1.54, 1.807) is 24.3 Å². The van der Waals surface area contributed by atoms with Gasteiger partial charge in [0.2, 0.25) is 0 Å². The van der Waals surface area contributed by atoms with Gasteiger partial charge in [-0.05, 0) is 36.8 Å².